The number of thiophene rings is 1. The van der Waals surface area contributed by atoms with E-state index in [0.717, 1.165) is 32.1 Å². The molecule has 3 rings (SSSR count). The minimum absolute atomic E-state index is 0.0280. The van der Waals surface area contributed by atoms with Crippen LogP contribution in [0.2, 0.25) is 0 Å². The fourth-order valence-corrected chi connectivity index (χ4v) is 5.30. The lowest BCUT2D eigenvalue weighted by Gasteiger charge is -2.21. The highest BCUT2D eigenvalue weighted by atomic mass is 32.2. The highest BCUT2D eigenvalue weighted by Gasteiger charge is 2.19. The van der Waals surface area contributed by atoms with Gasteiger partial charge in [-0.3, -0.25) is 9.59 Å². The summed E-state index contributed by atoms with van der Waals surface area (Å²) in [5, 5.41) is 0.419. The molecule has 0 saturated heterocycles. The number of aromatic nitrogens is 2. The maximum atomic E-state index is 12.7. The maximum Gasteiger partial charge on any atom is 0.259 e. The van der Waals surface area contributed by atoms with Crippen molar-refractivity contribution in [3.8, 4) is 5.75 Å². The van der Waals surface area contributed by atoms with E-state index in [1.54, 1.807) is 11.9 Å². The number of aromatic amines is 1. The lowest BCUT2D eigenvalue weighted by Crippen LogP contribution is -2.36. The van der Waals surface area contributed by atoms with Gasteiger partial charge in [-0.2, -0.15) is 0 Å². The molecule has 0 aliphatic heterocycles. The van der Waals surface area contributed by atoms with Crippen molar-refractivity contribution in [1.82, 2.24) is 14.9 Å². The van der Waals surface area contributed by atoms with Gasteiger partial charge in [0.25, 0.3) is 5.56 Å². The Hall–Kier alpha value is -2.32. The predicted molar refractivity (Wildman–Crippen MR) is 130 cm³/mol. The average Bonchev–Trinajstić information content (AvgIpc) is 2.98. The first-order valence-corrected chi connectivity index (χ1v) is 12.1. The van der Waals surface area contributed by atoms with E-state index in [0.29, 0.717) is 30.1 Å². The molecule has 1 N–H and O–H groups in total. The number of likely N-dealkylation sites (N-methyl/N-ethyl adjacent to an activating group) is 1. The van der Waals surface area contributed by atoms with Crippen LogP contribution < -0.4 is 10.3 Å². The normalized spacial score (nSPS) is 12.2. The van der Waals surface area contributed by atoms with Gasteiger partial charge in [0, 0.05) is 11.9 Å². The number of hydrogen-bond donors (Lipinski definition) is 1. The summed E-state index contributed by atoms with van der Waals surface area (Å²) in [6.45, 7) is 10.8. The number of thioether (sulfide) groups is 1. The molecule has 1 amide bonds. The lowest BCUT2D eigenvalue weighted by molar-refractivity contribution is -0.129. The molecular weight excluding hydrogens is 430 g/mol. The van der Waals surface area contributed by atoms with Gasteiger partial charge in [0.2, 0.25) is 5.91 Å². The van der Waals surface area contributed by atoms with E-state index in [4.69, 9.17) is 4.74 Å². The van der Waals surface area contributed by atoms with Crippen molar-refractivity contribution in [2.75, 3.05) is 20.2 Å². The first-order chi connectivity index (χ1) is 14.7. The number of fused-ring (bicyclic) bond motifs is 1. The Balaban J connectivity index is 1.52. The van der Waals surface area contributed by atoms with Gasteiger partial charge in [0.05, 0.1) is 22.9 Å². The SMILES string of the molecule is Cc1cc(C)cc(OCCN(C)C(=O)C(C)SCc2nc3sc(C)c(C)c3c(=O)[nH]2)c1. The van der Waals surface area contributed by atoms with Crippen molar-refractivity contribution in [3.05, 3.63) is 55.9 Å². The van der Waals surface area contributed by atoms with Crippen LogP contribution in [-0.2, 0) is 10.5 Å². The molecule has 0 fully saturated rings. The largest absolute Gasteiger partial charge is 0.492 e. The third-order valence-corrected chi connectivity index (χ3v) is 7.42. The van der Waals surface area contributed by atoms with E-state index < -0.39 is 0 Å². The van der Waals surface area contributed by atoms with Crippen molar-refractivity contribution in [1.29, 1.82) is 0 Å². The molecule has 1 aromatic carbocycles. The second-order valence-corrected chi connectivity index (χ2v) is 10.4. The zero-order chi connectivity index (χ0) is 22.7. The number of carbonyl (C=O) groups is 1. The molecular formula is C23H29N3O3S2. The van der Waals surface area contributed by atoms with Gasteiger partial charge in [0.15, 0.2) is 0 Å². The quantitative estimate of drug-likeness (QED) is 0.541. The van der Waals surface area contributed by atoms with Crippen molar-refractivity contribution < 1.29 is 9.53 Å². The number of carbonyl (C=O) groups excluding carboxylic acids is 1. The summed E-state index contributed by atoms with van der Waals surface area (Å²) >= 11 is 3.00. The molecule has 0 spiro atoms. The smallest absolute Gasteiger partial charge is 0.259 e. The number of H-pyrrole nitrogens is 1. The van der Waals surface area contributed by atoms with E-state index >= 15 is 0 Å². The standard InChI is InChI=1S/C23H29N3O3S2/c1-13-9-14(2)11-18(10-13)29-8-7-26(6)23(28)17(5)30-12-19-24-21(27)20-15(3)16(4)31-22(20)25-19/h9-11,17H,7-8,12H2,1-6H3,(H,24,25,27). The summed E-state index contributed by atoms with van der Waals surface area (Å²) < 4.78 is 5.81. The number of nitrogens with zero attached hydrogens (tertiary/aromatic N) is 2. The second kappa shape index (κ2) is 9.87. The Bertz CT molecular complexity index is 1130. The average molecular weight is 460 g/mol. The van der Waals surface area contributed by atoms with Crippen LogP contribution >= 0.6 is 23.1 Å². The number of amides is 1. The Labute approximate surface area is 191 Å². The molecule has 3 aromatic rings. The van der Waals surface area contributed by atoms with Crippen LogP contribution in [0.3, 0.4) is 0 Å². The molecule has 0 bridgehead atoms. The van der Waals surface area contributed by atoms with Crippen LogP contribution in [-0.4, -0.2) is 46.2 Å². The maximum absolute atomic E-state index is 12.7. The minimum atomic E-state index is -0.251. The Morgan fingerprint density at radius 3 is 2.58 bits per heavy atom. The molecule has 166 valence electrons. The van der Waals surface area contributed by atoms with Gasteiger partial charge < -0.3 is 14.6 Å². The molecule has 0 aliphatic rings. The second-order valence-electron chi connectivity index (χ2n) is 7.86. The van der Waals surface area contributed by atoms with Crippen LogP contribution in [0.4, 0.5) is 0 Å². The lowest BCUT2D eigenvalue weighted by atomic mass is 10.1. The van der Waals surface area contributed by atoms with Crippen LogP contribution in [0.5, 0.6) is 5.75 Å². The fraction of sp³-hybridized carbons (Fsp3) is 0.435. The Kier molecular flexibility index (Phi) is 7.43. The summed E-state index contributed by atoms with van der Waals surface area (Å²) in [4.78, 5) is 36.1. The molecule has 0 radical (unpaired) electrons. The van der Waals surface area contributed by atoms with E-state index in [-0.39, 0.29) is 16.7 Å². The van der Waals surface area contributed by atoms with Crippen LogP contribution in [0.15, 0.2) is 23.0 Å². The Morgan fingerprint density at radius 1 is 1.23 bits per heavy atom. The van der Waals surface area contributed by atoms with Crippen molar-refractivity contribution >= 4 is 39.2 Å². The molecule has 6 nitrogen and oxygen atoms in total. The van der Waals surface area contributed by atoms with E-state index in [9.17, 15) is 9.59 Å². The van der Waals surface area contributed by atoms with Crippen molar-refractivity contribution in [3.63, 3.8) is 0 Å². The van der Waals surface area contributed by atoms with Crippen molar-refractivity contribution in [2.24, 2.45) is 0 Å². The van der Waals surface area contributed by atoms with Gasteiger partial charge in [-0.15, -0.1) is 23.1 Å². The molecule has 2 aromatic heterocycles. The summed E-state index contributed by atoms with van der Waals surface area (Å²) in [6, 6.07) is 6.09. The van der Waals surface area contributed by atoms with Gasteiger partial charge in [0.1, 0.15) is 23.0 Å². The number of ether oxygens (including phenoxy) is 1. The first kappa shape index (κ1) is 23.3. The zero-order valence-corrected chi connectivity index (χ0v) is 20.5. The number of rotatable bonds is 8. The molecule has 2 heterocycles. The van der Waals surface area contributed by atoms with Gasteiger partial charge in [-0.1, -0.05) is 6.07 Å². The summed E-state index contributed by atoms with van der Waals surface area (Å²) in [5.74, 6) is 1.93. The summed E-state index contributed by atoms with van der Waals surface area (Å²) in [7, 11) is 1.79. The molecule has 8 heteroatoms. The topological polar surface area (TPSA) is 75.3 Å². The number of benzene rings is 1. The molecule has 31 heavy (non-hydrogen) atoms. The molecule has 1 atom stereocenters. The monoisotopic (exact) mass is 459 g/mol. The highest BCUT2D eigenvalue weighted by molar-refractivity contribution is 7.99. The van der Waals surface area contributed by atoms with Crippen LogP contribution in [0.25, 0.3) is 10.2 Å². The van der Waals surface area contributed by atoms with Gasteiger partial charge in [-0.05, 0) is 63.4 Å². The van der Waals surface area contributed by atoms with Gasteiger partial charge in [-0.25, -0.2) is 4.98 Å². The van der Waals surface area contributed by atoms with Crippen LogP contribution in [0, 0.1) is 27.7 Å². The van der Waals surface area contributed by atoms with Gasteiger partial charge >= 0.3 is 0 Å². The van der Waals surface area contributed by atoms with Crippen LogP contribution in [0.1, 0.15) is 34.3 Å². The molecule has 1 unspecified atom stereocenters. The van der Waals surface area contributed by atoms with Crippen molar-refractivity contribution in [2.45, 2.75) is 45.6 Å². The number of nitrogens with one attached hydrogen (secondary N) is 1. The van der Waals surface area contributed by atoms with E-state index in [2.05, 4.69) is 16.0 Å². The zero-order valence-electron chi connectivity index (χ0n) is 18.9. The number of aryl methyl sites for hydroxylation is 4. The minimum Gasteiger partial charge on any atom is -0.492 e. The fourth-order valence-electron chi connectivity index (χ4n) is 3.38. The van der Waals surface area contributed by atoms with E-state index in [1.807, 2.05) is 46.8 Å². The predicted octanol–water partition coefficient (Wildman–Crippen LogP) is 4.38. The van der Waals surface area contributed by atoms with E-state index in [1.165, 1.54) is 23.1 Å². The summed E-state index contributed by atoms with van der Waals surface area (Å²) in [6.07, 6.45) is 0. The third-order valence-electron chi connectivity index (χ3n) is 5.17. The third kappa shape index (κ3) is 5.68. The molecule has 0 saturated carbocycles. The highest BCUT2D eigenvalue weighted by Crippen LogP contribution is 2.26. The number of hydrogen-bond acceptors (Lipinski definition) is 6. The Morgan fingerprint density at radius 2 is 1.90 bits per heavy atom. The molecule has 0 aliphatic carbocycles. The summed E-state index contributed by atoms with van der Waals surface area (Å²) in [5.41, 5.74) is 3.19. The first-order valence-electron chi connectivity index (χ1n) is 10.2.